The fourth-order valence-electron chi connectivity index (χ4n) is 5.42. The number of fused-ring (bicyclic) bond motifs is 1. The monoisotopic (exact) mass is 536 g/mol. The number of rotatable bonds is 10. The van der Waals surface area contributed by atoms with E-state index in [1.165, 1.54) is 11.1 Å². The van der Waals surface area contributed by atoms with Crippen molar-refractivity contribution in [3.8, 4) is 0 Å². The third kappa shape index (κ3) is 6.67. The third-order valence-corrected chi connectivity index (χ3v) is 7.50. The van der Waals surface area contributed by atoms with E-state index in [-0.39, 0.29) is 24.3 Å². The lowest BCUT2D eigenvalue weighted by Gasteiger charge is -2.50. The number of hydrogen-bond donors (Lipinski definition) is 2. The highest BCUT2D eigenvalue weighted by Gasteiger charge is 2.50. The topological polar surface area (TPSA) is 61.0 Å². The maximum absolute atomic E-state index is 6.67. The summed E-state index contributed by atoms with van der Waals surface area (Å²) < 4.78 is 25.9. The minimum atomic E-state index is -0.501. The van der Waals surface area contributed by atoms with Gasteiger partial charge in [-0.25, -0.2) is 0 Å². The molecule has 0 radical (unpaired) electrons. The third-order valence-electron chi connectivity index (χ3n) is 7.50. The van der Waals surface area contributed by atoms with Crippen LogP contribution in [0.4, 0.5) is 0 Å². The molecule has 40 heavy (non-hydrogen) atoms. The molecule has 6 nitrogen and oxygen atoms in total. The van der Waals surface area contributed by atoms with Gasteiger partial charge in [0.15, 0.2) is 12.6 Å². The van der Waals surface area contributed by atoms with Gasteiger partial charge < -0.3 is 29.6 Å². The van der Waals surface area contributed by atoms with Crippen LogP contribution in [0.1, 0.15) is 28.5 Å². The van der Waals surface area contributed by atoms with Crippen LogP contribution < -0.4 is 10.6 Å². The molecule has 4 aromatic rings. The summed E-state index contributed by atoms with van der Waals surface area (Å²) in [5.74, 6) is 0. The Morgan fingerprint density at radius 3 is 1.73 bits per heavy atom. The first kappa shape index (κ1) is 26.8. The average Bonchev–Trinajstić information content (AvgIpc) is 3.03. The highest BCUT2D eigenvalue weighted by molar-refractivity contribution is 5.19. The van der Waals surface area contributed by atoms with Crippen LogP contribution in [-0.4, -0.2) is 37.2 Å². The molecule has 0 spiro atoms. The molecule has 2 N–H and O–H groups in total. The van der Waals surface area contributed by atoms with E-state index in [0.717, 1.165) is 11.1 Å². The second kappa shape index (κ2) is 13.3. The van der Waals surface area contributed by atoms with Gasteiger partial charge in [-0.2, -0.15) is 0 Å². The van der Waals surface area contributed by atoms with E-state index in [9.17, 15) is 0 Å². The summed E-state index contributed by atoms with van der Waals surface area (Å²) in [5, 5.41) is 7.59. The molecule has 1 unspecified atom stereocenters. The van der Waals surface area contributed by atoms with Gasteiger partial charge in [0.25, 0.3) is 0 Å². The van der Waals surface area contributed by atoms with Crippen molar-refractivity contribution in [1.29, 1.82) is 0 Å². The molecule has 6 atom stereocenters. The van der Waals surface area contributed by atoms with Crippen LogP contribution in [0.3, 0.4) is 0 Å². The van der Waals surface area contributed by atoms with E-state index in [2.05, 4.69) is 71.3 Å². The van der Waals surface area contributed by atoms with Crippen LogP contribution >= 0.6 is 0 Å². The largest absolute Gasteiger partial charge is 0.346 e. The number of hydrogen-bond acceptors (Lipinski definition) is 6. The minimum absolute atomic E-state index is 0.0986. The molecular weight excluding hydrogens is 500 g/mol. The Morgan fingerprint density at radius 2 is 1.12 bits per heavy atom. The maximum atomic E-state index is 6.67. The highest BCUT2D eigenvalue weighted by atomic mass is 16.7. The predicted molar refractivity (Wildman–Crippen MR) is 154 cm³/mol. The molecule has 2 fully saturated rings. The van der Waals surface area contributed by atoms with E-state index >= 15 is 0 Å². The summed E-state index contributed by atoms with van der Waals surface area (Å²) in [6.07, 6.45) is -1.47. The summed E-state index contributed by atoms with van der Waals surface area (Å²) in [4.78, 5) is 0. The van der Waals surface area contributed by atoms with Crippen molar-refractivity contribution in [2.45, 2.75) is 56.6 Å². The van der Waals surface area contributed by atoms with Crippen LogP contribution in [0.25, 0.3) is 0 Å². The maximum Gasteiger partial charge on any atom is 0.184 e. The van der Waals surface area contributed by atoms with E-state index < -0.39 is 12.6 Å². The molecule has 6 rings (SSSR count). The van der Waals surface area contributed by atoms with Crippen LogP contribution in [0.5, 0.6) is 0 Å². The molecule has 0 bridgehead atoms. The molecule has 2 saturated heterocycles. The molecule has 2 aliphatic rings. The lowest BCUT2D eigenvalue weighted by molar-refractivity contribution is -0.331. The van der Waals surface area contributed by atoms with Crippen LogP contribution in [0.15, 0.2) is 121 Å². The van der Waals surface area contributed by atoms with Crippen LogP contribution in [0.2, 0.25) is 0 Å². The average molecular weight is 537 g/mol. The first-order valence-electron chi connectivity index (χ1n) is 14.0. The highest BCUT2D eigenvalue weighted by Crippen LogP contribution is 2.35. The van der Waals surface area contributed by atoms with E-state index in [0.29, 0.717) is 26.3 Å². The van der Waals surface area contributed by atoms with Crippen molar-refractivity contribution in [2.75, 3.05) is 6.61 Å². The molecule has 2 heterocycles. The molecule has 0 saturated carbocycles. The molecular formula is C34H36N2O4. The normalized spacial score (nSPS) is 26.2. The molecule has 6 heteroatoms. The zero-order valence-corrected chi connectivity index (χ0v) is 22.5. The zero-order chi connectivity index (χ0) is 27.0. The Morgan fingerprint density at radius 1 is 0.600 bits per heavy atom. The van der Waals surface area contributed by atoms with Gasteiger partial charge in [-0.15, -0.1) is 0 Å². The smallest absolute Gasteiger partial charge is 0.184 e. The van der Waals surface area contributed by atoms with Gasteiger partial charge in [-0.1, -0.05) is 121 Å². The van der Waals surface area contributed by atoms with E-state index in [4.69, 9.17) is 18.9 Å². The minimum Gasteiger partial charge on any atom is -0.346 e. The lowest BCUT2D eigenvalue weighted by atomic mass is 9.92. The molecule has 0 amide bonds. The predicted octanol–water partition coefficient (Wildman–Crippen LogP) is 5.36. The second-order valence-electron chi connectivity index (χ2n) is 10.3. The summed E-state index contributed by atoms with van der Waals surface area (Å²) in [6.45, 7) is 2.25. The second-order valence-corrected chi connectivity index (χ2v) is 10.3. The van der Waals surface area contributed by atoms with Crippen molar-refractivity contribution < 1.29 is 18.9 Å². The quantitative estimate of drug-likeness (QED) is 0.285. The number of nitrogens with one attached hydrogen (secondary N) is 2. The number of ether oxygens (including phenoxy) is 4. The van der Waals surface area contributed by atoms with Crippen molar-refractivity contribution in [3.05, 3.63) is 144 Å². The molecule has 0 aliphatic carbocycles. The fourth-order valence-corrected chi connectivity index (χ4v) is 5.42. The van der Waals surface area contributed by atoms with Gasteiger partial charge in [0.05, 0.1) is 25.3 Å². The van der Waals surface area contributed by atoms with Crippen molar-refractivity contribution in [3.63, 3.8) is 0 Å². The summed E-state index contributed by atoms with van der Waals surface area (Å²) in [7, 11) is 0. The molecule has 206 valence electrons. The van der Waals surface area contributed by atoms with E-state index in [1.807, 2.05) is 60.7 Å². The van der Waals surface area contributed by atoms with Gasteiger partial charge in [-0.05, 0) is 16.7 Å². The van der Waals surface area contributed by atoms with Crippen molar-refractivity contribution in [2.24, 2.45) is 0 Å². The Balaban J connectivity index is 1.27. The van der Waals surface area contributed by atoms with Gasteiger partial charge in [0.1, 0.15) is 12.2 Å². The summed E-state index contributed by atoms with van der Waals surface area (Å²) in [6, 6.07) is 40.9. The zero-order valence-electron chi connectivity index (χ0n) is 22.5. The Hall–Kier alpha value is -3.36. The first-order valence-corrected chi connectivity index (χ1v) is 14.0. The van der Waals surface area contributed by atoms with Gasteiger partial charge in [-0.3, -0.25) is 0 Å². The summed E-state index contributed by atoms with van der Waals surface area (Å²) >= 11 is 0. The van der Waals surface area contributed by atoms with Gasteiger partial charge in [0.2, 0.25) is 0 Å². The Kier molecular flexibility index (Phi) is 8.95. The van der Waals surface area contributed by atoms with Crippen LogP contribution in [-0.2, 0) is 38.6 Å². The Bertz CT molecular complexity index is 1290. The Labute approximate surface area is 236 Å². The number of benzene rings is 4. The standard InChI is InChI=1S/C34H36N2O4/c1-5-13-25(14-6-1)21-35-30-31(36-22-26-15-7-2-8-16-26)34(37-23-27-17-9-3-10-18-27)39-29-24-38-33(40-32(29)30)28-19-11-4-12-20-28/h1-20,29-36H,21-24H2/t29-,30-,31-,32-,33?,34+/m1/s1. The fraction of sp³-hybridized carbons (Fsp3) is 0.294. The molecule has 4 aromatic carbocycles. The van der Waals surface area contributed by atoms with Crippen molar-refractivity contribution in [1.82, 2.24) is 10.6 Å². The van der Waals surface area contributed by atoms with E-state index in [1.54, 1.807) is 0 Å². The lowest BCUT2D eigenvalue weighted by Crippen LogP contribution is -2.69. The summed E-state index contributed by atoms with van der Waals surface area (Å²) in [5.41, 5.74) is 4.51. The van der Waals surface area contributed by atoms with Gasteiger partial charge >= 0.3 is 0 Å². The first-order chi connectivity index (χ1) is 19.8. The SMILES string of the molecule is c1ccc(CN[C@@H]2[C@@H](NCc3ccccc3)[C@@H](OCc3ccccc3)O[C@@H]3COC(c4ccccc4)O[C@@H]23)cc1. The van der Waals surface area contributed by atoms with Crippen molar-refractivity contribution >= 4 is 0 Å². The van der Waals surface area contributed by atoms with Crippen LogP contribution in [0, 0.1) is 0 Å². The van der Waals surface area contributed by atoms with Gasteiger partial charge in [0, 0.05) is 18.7 Å². The molecule has 2 aliphatic heterocycles. The molecule has 0 aromatic heterocycles.